The molecule has 0 bridgehead atoms. The molecule has 15 heavy (non-hydrogen) atoms. The van der Waals surface area contributed by atoms with Crippen LogP contribution in [-0.4, -0.2) is 22.8 Å². The number of rotatable bonds is 2. The van der Waals surface area contributed by atoms with Crippen LogP contribution in [0, 0.1) is 0 Å². The molecule has 1 heterocycles. The van der Waals surface area contributed by atoms with E-state index in [1.54, 1.807) is 18.2 Å². The zero-order chi connectivity index (χ0) is 10.9. The number of methoxy groups -OCH3 is 1. The first-order valence-electron chi connectivity index (χ1n) is 4.80. The van der Waals surface area contributed by atoms with E-state index in [1.165, 1.54) is 7.11 Å². The van der Waals surface area contributed by atoms with Crippen molar-refractivity contribution in [3.8, 4) is 5.75 Å². The Balaban J connectivity index is 2.49. The minimum Gasteiger partial charge on any atom is -0.492 e. The van der Waals surface area contributed by atoms with Gasteiger partial charge in [-0.25, -0.2) is 4.21 Å². The summed E-state index contributed by atoms with van der Waals surface area (Å²) in [7, 11) is -0.462. The number of ether oxygens (including phenoxy) is 1. The summed E-state index contributed by atoms with van der Waals surface area (Å²) >= 11 is 0. The quantitative estimate of drug-likeness (QED) is 0.782. The van der Waals surface area contributed by atoms with Crippen molar-refractivity contribution in [2.45, 2.75) is 6.42 Å². The SMILES string of the molecule is COc1c(N)cccc1N=S1(=O)CCC1. The third-order valence-corrected chi connectivity index (χ3v) is 4.80. The highest BCUT2D eigenvalue weighted by Gasteiger charge is 2.20. The number of nitrogens with two attached hydrogens (primary N) is 1. The van der Waals surface area contributed by atoms with Gasteiger partial charge in [-0.2, -0.15) is 4.36 Å². The van der Waals surface area contributed by atoms with Crippen molar-refractivity contribution >= 4 is 21.1 Å². The molecule has 0 amide bonds. The summed E-state index contributed by atoms with van der Waals surface area (Å²) in [5.74, 6) is 1.89. The van der Waals surface area contributed by atoms with Gasteiger partial charge in [-0.3, -0.25) is 0 Å². The molecule has 0 aromatic heterocycles. The van der Waals surface area contributed by atoms with Gasteiger partial charge in [0.2, 0.25) is 0 Å². The van der Waals surface area contributed by atoms with Gasteiger partial charge in [-0.1, -0.05) is 6.07 Å². The second kappa shape index (κ2) is 3.73. The number of nitrogens with zero attached hydrogens (tertiary/aromatic N) is 1. The molecule has 2 rings (SSSR count). The first kappa shape index (κ1) is 10.3. The van der Waals surface area contributed by atoms with E-state index >= 15 is 0 Å². The van der Waals surface area contributed by atoms with Gasteiger partial charge < -0.3 is 10.5 Å². The standard InChI is InChI=1S/C10H14N2O2S/c1-14-10-8(11)4-2-5-9(10)12-15(13)6-3-7-15/h2,4-5H,3,6-7,11H2,1H3. The highest BCUT2D eigenvalue weighted by Crippen LogP contribution is 2.35. The van der Waals surface area contributed by atoms with Gasteiger partial charge in [0, 0.05) is 11.5 Å². The third kappa shape index (κ3) is 1.92. The largest absolute Gasteiger partial charge is 0.492 e. The van der Waals surface area contributed by atoms with Gasteiger partial charge in [0.15, 0.2) is 5.75 Å². The summed E-state index contributed by atoms with van der Waals surface area (Å²) < 4.78 is 21.3. The van der Waals surface area contributed by atoms with Crippen LogP contribution in [-0.2, 0) is 9.73 Å². The minimum absolute atomic E-state index is 0.520. The first-order chi connectivity index (χ1) is 7.14. The smallest absolute Gasteiger partial charge is 0.168 e. The monoisotopic (exact) mass is 226 g/mol. The maximum atomic E-state index is 11.9. The van der Waals surface area contributed by atoms with Crippen LogP contribution in [0.4, 0.5) is 11.4 Å². The lowest BCUT2D eigenvalue weighted by Gasteiger charge is -2.18. The molecule has 82 valence electrons. The van der Waals surface area contributed by atoms with Gasteiger partial charge >= 0.3 is 0 Å². The van der Waals surface area contributed by atoms with Crippen LogP contribution in [0.2, 0.25) is 0 Å². The van der Waals surface area contributed by atoms with Crippen LogP contribution in [0.1, 0.15) is 6.42 Å². The Morgan fingerprint density at radius 3 is 2.73 bits per heavy atom. The topological polar surface area (TPSA) is 64.7 Å². The van der Waals surface area contributed by atoms with Crippen LogP contribution >= 0.6 is 0 Å². The van der Waals surface area contributed by atoms with Crippen molar-refractivity contribution < 1.29 is 8.95 Å². The Morgan fingerprint density at radius 2 is 2.20 bits per heavy atom. The van der Waals surface area contributed by atoms with Crippen molar-refractivity contribution in [2.24, 2.45) is 4.36 Å². The molecule has 0 radical (unpaired) electrons. The highest BCUT2D eigenvalue weighted by atomic mass is 32.2. The molecule has 1 saturated heterocycles. The van der Waals surface area contributed by atoms with Crippen molar-refractivity contribution in [3.63, 3.8) is 0 Å². The highest BCUT2D eigenvalue weighted by molar-refractivity contribution is 7.95. The lowest BCUT2D eigenvalue weighted by molar-refractivity contribution is 0.418. The first-order valence-corrected chi connectivity index (χ1v) is 6.65. The van der Waals surface area contributed by atoms with E-state index in [2.05, 4.69) is 4.36 Å². The van der Waals surface area contributed by atoms with E-state index in [0.29, 0.717) is 28.6 Å². The normalized spacial score (nSPS) is 17.9. The molecule has 0 spiro atoms. The summed E-state index contributed by atoms with van der Waals surface area (Å²) in [5.41, 5.74) is 6.86. The average molecular weight is 226 g/mol. The number of anilines is 1. The van der Waals surface area contributed by atoms with Crippen LogP contribution in [0.15, 0.2) is 22.6 Å². The fourth-order valence-corrected chi connectivity index (χ4v) is 2.97. The van der Waals surface area contributed by atoms with E-state index < -0.39 is 9.73 Å². The molecular formula is C10H14N2O2S. The van der Waals surface area contributed by atoms with Crippen LogP contribution < -0.4 is 10.5 Å². The summed E-state index contributed by atoms with van der Waals surface area (Å²) in [6.07, 6.45) is 0.993. The Bertz CT molecular complexity index is 480. The predicted molar refractivity (Wildman–Crippen MR) is 62.0 cm³/mol. The maximum absolute atomic E-state index is 11.9. The molecule has 1 aliphatic rings. The van der Waals surface area contributed by atoms with E-state index in [9.17, 15) is 4.21 Å². The van der Waals surface area contributed by atoms with Crippen molar-refractivity contribution in [1.29, 1.82) is 0 Å². The van der Waals surface area contributed by atoms with E-state index in [-0.39, 0.29) is 0 Å². The zero-order valence-corrected chi connectivity index (χ0v) is 9.42. The van der Waals surface area contributed by atoms with Crippen LogP contribution in [0.3, 0.4) is 0 Å². The molecule has 1 fully saturated rings. The lowest BCUT2D eigenvalue weighted by Crippen LogP contribution is -2.23. The van der Waals surface area contributed by atoms with Crippen molar-refractivity contribution in [3.05, 3.63) is 18.2 Å². The van der Waals surface area contributed by atoms with Gasteiger partial charge in [0.05, 0.1) is 22.5 Å². The van der Waals surface area contributed by atoms with Crippen LogP contribution in [0.25, 0.3) is 0 Å². The fourth-order valence-electron chi connectivity index (χ4n) is 1.50. The molecular weight excluding hydrogens is 212 g/mol. The molecule has 0 aliphatic carbocycles. The van der Waals surface area contributed by atoms with E-state index in [1.807, 2.05) is 0 Å². The summed E-state index contributed by atoms with van der Waals surface area (Å²) in [4.78, 5) is 0. The molecule has 5 heteroatoms. The van der Waals surface area contributed by atoms with Crippen molar-refractivity contribution in [1.82, 2.24) is 0 Å². The van der Waals surface area contributed by atoms with Crippen LogP contribution in [0.5, 0.6) is 5.75 Å². The average Bonchev–Trinajstić information content (AvgIpc) is 2.16. The number of benzene rings is 1. The molecule has 1 aromatic rings. The number of hydrogen-bond donors (Lipinski definition) is 1. The summed E-state index contributed by atoms with van der Waals surface area (Å²) in [6.45, 7) is 0. The Labute approximate surface area is 89.6 Å². The molecule has 2 N–H and O–H groups in total. The van der Waals surface area contributed by atoms with E-state index in [0.717, 1.165) is 6.42 Å². The number of para-hydroxylation sites is 1. The Morgan fingerprint density at radius 1 is 1.47 bits per heavy atom. The van der Waals surface area contributed by atoms with Crippen molar-refractivity contribution in [2.75, 3.05) is 24.3 Å². The molecule has 4 nitrogen and oxygen atoms in total. The van der Waals surface area contributed by atoms with Gasteiger partial charge in [-0.15, -0.1) is 0 Å². The summed E-state index contributed by atoms with van der Waals surface area (Å²) in [6, 6.07) is 5.31. The molecule has 0 atom stereocenters. The maximum Gasteiger partial charge on any atom is 0.168 e. The Hall–Kier alpha value is -1.23. The van der Waals surface area contributed by atoms with Gasteiger partial charge in [-0.05, 0) is 18.6 Å². The van der Waals surface area contributed by atoms with E-state index in [4.69, 9.17) is 10.5 Å². The number of nitrogen functional groups attached to an aromatic ring is 1. The number of hydrogen-bond acceptors (Lipinski definition) is 4. The third-order valence-electron chi connectivity index (χ3n) is 2.42. The van der Waals surface area contributed by atoms with Gasteiger partial charge in [0.25, 0.3) is 0 Å². The molecule has 1 aliphatic heterocycles. The predicted octanol–water partition coefficient (Wildman–Crippen LogP) is 1.78. The summed E-state index contributed by atoms with van der Waals surface area (Å²) in [5, 5.41) is 0. The fraction of sp³-hybridized carbons (Fsp3) is 0.400. The lowest BCUT2D eigenvalue weighted by atomic mass is 10.2. The molecule has 0 saturated carbocycles. The second-order valence-electron chi connectivity index (χ2n) is 3.53. The molecule has 1 aromatic carbocycles. The second-order valence-corrected chi connectivity index (χ2v) is 6.07. The zero-order valence-electron chi connectivity index (χ0n) is 8.60. The minimum atomic E-state index is -2.00. The molecule has 0 unspecified atom stereocenters. The van der Waals surface area contributed by atoms with Gasteiger partial charge in [0.1, 0.15) is 5.69 Å². The Kier molecular flexibility index (Phi) is 2.56.